The molecule has 1 rings (SSSR count). The van der Waals surface area contributed by atoms with Gasteiger partial charge in [0.25, 0.3) is 0 Å². The standard InChI is InChI=1S/C10H9IO2/c1-7(12)6-10(13)8-2-4-9(11)5-3-8/h2-6,13H,1H3. The molecule has 0 heterocycles. The van der Waals surface area contributed by atoms with E-state index >= 15 is 0 Å². The summed E-state index contributed by atoms with van der Waals surface area (Å²) in [5, 5.41) is 9.42. The molecular weight excluding hydrogens is 279 g/mol. The highest BCUT2D eigenvalue weighted by Gasteiger charge is 1.99. The van der Waals surface area contributed by atoms with E-state index in [9.17, 15) is 9.90 Å². The summed E-state index contributed by atoms with van der Waals surface area (Å²) in [6.45, 7) is 1.41. The number of carbonyl (C=O) groups excluding carboxylic acids is 1. The molecule has 0 bridgehead atoms. The molecule has 0 saturated carbocycles. The molecule has 0 aliphatic rings. The van der Waals surface area contributed by atoms with Crippen LogP contribution in [0.25, 0.3) is 5.76 Å². The molecule has 0 aliphatic heterocycles. The van der Waals surface area contributed by atoms with E-state index in [0.29, 0.717) is 5.56 Å². The van der Waals surface area contributed by atoms with Gasteiger partial charge < -0.3 is 5.11 Å². The van der Waals surface area contributed by atoms with Gasteiger partial charge in [-0.2, -0.15) is 0 Å². The molecule has 0 amide bonds. The second-order valence-corrected chi connectivity index (χ2v) is 3.89. The van der Waals surface area contributed by atoms with Gasteiger partial charge in [-0.05, 0) is 41.6 Å². The number of ketones is 1. The summed E-state index contributed by atoms with van der Waals surface area (Å²) in [6.07, 6.45) is 1.21. The third kappa shape index (κ3) is 3.18. The predicted octanol–water partition coefficient (Wildman–Crippen LogP) is 2.78. The van der Waals surface area contributed by atoms with Crippen molar-refractivity contribution < 1.29 is 9.90 Å². The van der Waals surface area contributed by atoms with Crippen molar-refractivity contribution in [3.63, 3.8) is 0 Å². The molecule has 13 heavy (non-hydrogen) atoms. The molecular formula is C10H9IO2. The minimum atomic E-state index is -0.156. The van der Waals surface area contributed by atoms with E-state index < -0.39 is 0 Å². The van der Waals surface area contributed by atoms with E-state index in [1.54, 1.807) is 12.1 Å². The van der Waals surface area contributed by atoms with Crippen LogP contribution < -0.4 is 0 Å². The van der Waals surface area contributed by atoms with Crippen molar-refractivity contribution >= 4 is 34.1 Å². The Kier molecular flexibility index (Phi) is 3.48. The summed E-state index contributed by atoms with van der Waals surface area (Å²) in [7, 11) is 0. The SMILES string of the molecule is CC(=O)C=C(O)c1ccc(I)cc1. The first-order valence-electron chi connectivity index (χ1n) is 3.77. The van der Waals surface area contributed by atoms with Crippen LogP contribution in [-0.2, 0) is 4.79 Å². The van der Waals surface area contributed by atoms with Gasteiger partial charge in [0.05, 0.1) is 0 Å². The maximum atomic E-state index is 10.7. The second-order valence-electron chi connectivity index (χ2n) is 2.65. The van der Waals surface area contributed by atoms with Crippen LogP contribution in [0.4, 0.5) is 0 Å². The van der Waals surface area contributed by atoms with Crippen LogP contribution >= 0.6 is 22.6 Å². The van der Waals surface area contributed by atoms with Crippen LogP contribution in [0.15, 0.2) is 30.3 Å². The smallest absolute Gasteiger partial charge is 0.156 e. The fraction of sp³-hybridized carbons (Fsp3) is 0.100. The normalized spacial score (nSPS) is 11.4. The third-order valence-electron chi connectivity index (χ3n) is 1.48. The number of hydrogen-bond donors (Lipinski definition) is 1. The summed E-state index contributed by atoms with van der Waals surface area (Å²) in [5.74, 6) is -0.139. The zero-order chi connectivity index (χ0) is 9.84. The number of rotatable bonds is 2. The summed E-state index contributed by atoms with van der Waals surface area (Å²) in [5.41, 5.74) is 0.663. The molecule has 68 valence electrons. The lowest BCUT2D eigenvalue weighted by Gasteiger charge is -1.98. The highest BCUT2D eigenvalue weighted by Crippen LogP contribution is 2.13. The van der Waals surface area contributed by atoms with Crippen molar-refractivity contribution in [1.29, 1.82) is 0 Å². The first-order chi connectivity index (χ1) is 6.09. The Bertz CT molecular complexity index is 338. The largest absolute Gasteiger partial charge is 0.507 e. The van der Waals surface area contributed by atoms with Crippen molar-refractivity contribution in [2.24, 2.45) is 0 Å². The minimum Gasteiger partial charge on any atom is -0.507 e. The van der Waals surface area contributed by atoms with E-state index in [0.717, 1.165) is 3.57 Å². The van der Waals surface area contributed by atoms with Crippen LogP contribution in [-0.4, -0.2) is 10.9 Å². The Morgan fingerprint density at radius 2 is 1.92 bits per heavy atom. The van der Waals surface area contributed by atoms with E-state index in [1.807, 2.05) is 12.1 Å². The molecule has 2 nitrogen and oxygen atoms in total. The van der Waals surface area contributed by atoms with Gasteiger partial charge in [0, 0.05) is 15.2 Å². The van der Waals surface area contributed by atoms with Crippen LogP contribution in [0.3, 0.4) is 0 Å². The Balaban J connectivity index is 2.96. The zero-order valence-electron chi connectivity index (χ0n) is 7.12. The maximum Gasteiger partial charge on any atom is 0.156 e. The molecule has 0 unspecified atom stereocenters. The van der Waals surface area contributed by atoms with Gasteiger partial charge >= 0.3 is 0 Å². The van der Waals surface area contributed by atoms with Gasteiger partial charge in [0.2, 0.25) is 0 Å². The van der Waals surface area contributed by atoms with Gasteiger partial charge in [-0.25, -0.2) is 0 Å². The Morgan fingerprint density at radius 3 is 2.38 bits per heavy atom. The lowest BCUT2D eigenvalue weighted by Crippen LogP contribution is -1.88. The van der Waals surface area contributed by atoms with Crippen molar-refractivity contribution in [3.8, 4) is 0 Å². The molecule has 0 aromatic heterocycles. The van der Waals surface area contributed by atoms with Crippen molar-refractivity contribution in [3.05, 3.63) is 39.5 Å². The number of hydrogen-bond acceptors (Lipinski definition) is 2. The summed E-state index contributed by atoms with van der Waals surface area (Å²) in [4.78, 5) is 10.7. The maximum absolute atomic E-state index is 10.7. The molecule has 0 saturated heterocycles. The van der Waals surface area contributed by atoms with E-state index in [1.165, 1.54) is 13.0 Å². The van der Waals surface area contributed by atoms with E-state index in [4.69, 9.17) is 0 Å². The quantitative estimate of drug-likeness (QED) is 0.516. The lowest BCUT2D eigenvalue weighted by molar-refractivity contribution is -0.112. The monoisotopic (exact) mass is 288 g/mol. The molecule has 3 heteroatoms. The van der Waals surface area contributed by atoms with Crippen LogP contribution in [0.1, 0.15) is 12.5 Å². The first-order valence-corrected chi connectivity index (χ1v) is 4.84. The first kappa shape index (κ1) is 10.2. The number of halogens is 1. The second kappa shape index (κ2) is 4.41. The van der Waals surface area contributed by atoms with Crippen LogP contribution in [0.2, 0.25) is 0 Å². The zero-order valence-corrected chi connectivity index (χ0v) is 9.28. The molecule has 0 aliphatic carbocycles. The number of aliphatic hydroxyl groups excluding tert-OH is 1. The molecule has 0 radical (unpaired) electrons. The molecule has 1 aromatic rings. The lowest BCUT2D eigenvalue weighted by atomic mass is 10.1. The molecule has 1 N–H and O–H groups in total. The predicted molar refractivity (Wildman–Crippen MR) is 60.4 cm³/mol. The molecule has 0 fully saturated rings. The average Bonchev–Trinajstić information content (AvgIpc) is 2.04. The van der Waals surface area contributed by atoms with Crippen LogP contribution in [0.5, 0.6) is 0 Å². The fourth-order valence-electron chi connectivity index (χ4n) is 0.897. The Hall–Kier alpha value is -0.840. The number of carbonyl (C=O) groups is 1. The third-order valence-corrected chi connectivity index (χ3v) is 2.20. The van der Waals surface area contributed by atoms with E-state index in [-0.39, 0.29) is 11.5 Å². The molecule has 0 spiro atoms. The van der Waals surface area contributed by atoms with Gasteiger partial charge in [-0.15, -0.1) is 0 Å². The summed E-state index contributed by atoms with van der Waals surface area (Å²) in [6, 6.07) is 7.30. The van der Waals surface area contributed by atoms with Crippen molar-refractivity contribution in [1.82, 2.24) is 0 Å². The van der Waals surface area contributed by atoms with Crippen LogP contribution in [0, 0.1) is 3.57 Å². The van der Waals surface area contributed by atoms with Gasteiger partial charge in [-0.3, -0.25) is 4.79 Å². The van der Waals surface area contributed by atoms with Crippen molar-refractivity contribution in [2.75, 3.05) is 0 Å². The van der Waals surface area contributed by atoms with Gasteiger partial charge in [-0.1, -0.05) is 12.1 Å². The van der Waals surface area contributed by atoms with Gasteiger partial charge in [0.15, 0.2) is 5.78 Å². The highest BCUT2D eigenvalue weighted by molar-refractivity contribution is 14.1. The van der Waals surface area contributed by atoms with E-state index in [2.05, 4.69) is 22.6 Å². The molecule has 1 aromatic carbocycles. The average molecular weight is 288 g/mol. The Labute approximate surface area is 90.4 Å². The summed E-state index contributed by atoms with van der Waals surface area (Å²) < 4.78 is 1.09. The fourth-order valence-corrected chi connectivity index (χ4v) is 1.26. The summed E-state index contributed by atoms with van der Waals surface area (Å²) >= 11 is 2.18. The Morgan fingerprint density at radius 1 is 1.38 bits per heavy atom. The number of aliphatic hydroxyl groups is 1. The van der Waals surface area contributed by atoms with Gasteiger partial charge in [0.1, 0.15) is 5.76 Å². The molecule has 0 atom stereocenters. The van der Waals surface area contributed by atoms with Crippen molar-refractivity contribution in [2.45, 2.75) is 6.92 Å². The number of benzene rings is 1. The highest BCUT2D eigenvalue weighted by atomic mass is 127. The minimum absolute atomic E-state index is 0.0175. The topological polar surface area (TPSA) is 37.3 Å². The number of allylic oxidation sites excluding steroid dienone is 1.